The van der Waals surface area contributed by atoms with Crippen molar-refractivity contribution in [1.29, 1.82) is 0 Å². The smallest absolute Gasteiger partial charge is 0.0378 e. The lowest BCUT2D eigenvalue weighted by Crippen LogP contribution is -2.46. The normalized spacial score (nSPS) is 38.2. The molecule has 1 aliphatic rings. The van der Waals surface area contributed by atoms with E-state index in [1.807, 2.05) is 11.8 Å². The van der Waals surface area contributed by atoms with E-state index in [4.69, 9.17) is 11.5 Å². The molecule has 0 aromatic heterocycles. The molecule has 3 heteroatoms. The summed E-state index contributed by atoms with van der Waals surface area (Å²) in [7, 11) is 0. The van der Waals surface area contributed by atoms with Crippen LogP contribution in [0.15, 0.2) is 0 Å². The van der Waals surface area contributed by atoms with Crippen molar-refractivity contribution in [2.75, 3.05) is 18.1 Å². The van der Waals surface area contributed by atoms with E-state index in [1.54, 1.807) is 0 Å². The zero-order valence-electron chi connectivity index (χ0n) is 4.89. The maximum Gasteiger partial charge on any atom is 0.0378 e. The van der Waals surface area contributed by atoms with Crippen LogP contribution in [0.4, 0.5) is 0 Å². The summed E-state index contributed by atoms with van der Waals surface area (Å²) >= 11 is 1.90. The van der Waals surface area contributed by atoms with E-state index < -0.39 is 0 Å². The van der Waals surface area contributed by atoms with Gasteiger partial charge in [-0.15, -0.1) is 0 Å². The molecule has 0 aromatic rings. The predicted octanol–water partition coefficient (Wildman–Crippen LogP) is -0.221. The Bertz CT molecular complexity index is 78.5. The van der Waals surface area contributed by atoms with Crippen LogP contribution in [0.25, 0.3) is 0 Å². The minimum atomic E-state index is -0.0231. The van der Waals surface area contributed by atoms with Crippen molar-refractivity contribution in [3.8, 4) is 0 Å². The summed E-state index contributed by atoms with van der Waals surface area (Å²) in [6.07, 6.45) is 1.09. The van der Waals surface area contributed by atoms with Gasteiger partial charge in [-0.25, -0.2) is 0 Å². The minimum absolute atomic E-state index is 0.0231. The Morgan fingerprint density at radius 1 is 1.62 bits per heavy atom. The Kier molecular flexibility index (Phi) is 1.80. The summed E-state index contributed by atoms with van der Waals surface area (Å²) in [4.78, 5) is 0. The minimum Gasteiger partial charge on any atom is -0.329 e. The number of rotatable bonds is 1. The van der Waals surface area contributed by atoms with Gasteiger partial charge in [0.2, 0.25) is 0 Å². The third-order valence-corrected chi connectivity index (χ3v) is 2.81. The first-order valence-corrected chi connectivity index (χ1v) is 3.99. The highest BCUT2D eigenvalue weighted by atomic mass is 32.2. The Hall–Kier alpha value is 0.270. The fraction of sp³-hybridized carbons (Fsp3) is 1.00. The molecule has 0 amide bonds. The van der Waals surface area contributed by atoms with Gasteiger partial charge in [0.15, 0.2) is 0 Å². The van der Waals surface area contributed by atoms with Gasteiger partial charge in [-0.3, -0.25) is 0 Å². The van der Waals surface area contributed by atoms with Crippen molar-refractivity contribution in [3.63, 3.8) is 0 Å². The third-order valence-electron chi connectivity index (χ3n) is 1.54. The van der Waals surface area contributed by atoms with E-state index in [9.17, 15) is 0 Å². The SMILES string of the molecule is NCC1(N)CCSC1. The molecule has 1 atom stereocenters. The second kappa shape index (κ2) is 2.25. The molecule has 1 rings (SSSR count). The Morgan fingerprint density at radius 3 is 2.62 bits per heavy atom. The molecular weight excluding hydrogens is 120 g/mol. The van der Waals surface area contributed by atoms with Crippen LogP contribution in [0.5, 0.6) is 0 Å². The van der Waals surface area contributed by atoms with Crippen molar-refractivity contribution in [2.45, 2.75) is 12.0 Å². The van der Waals surface area contributed by atoms with Crippen LogP contribution in [0.1, 0.15) is 6.42 Å². The first-order valence-electron chi connectivity index (χ1n) is 2.83. The van der Waals surface area contributed by atoms with E-state index >= 15 is 0 Å². The molecule has 8 heavy (non-hydrogen) atoms. The van der Waals surface area contributed by atoms with Crippen molar-refractivity contribution in [1.82, 2.24) is 0 Å². The molecular formula is C5H12N2S. The van der Waals surface area contributed by atoms with Gasteiger partial charge in [0.1, 0.15) is 0 Å². The van der Waals surface area contributed by atoms with Gasteiger partial charge in [0.05, 0.1) is 0 Å². The zero-order chi connectivity index (χ0) is 6.04. The van der Waals surface area contributed by atoms with Crippen molar-refractivity contribution < 1.29 is 0 Å². The lowest BCUT2D eigenvalue weighted by Gasteiger charge is -2.18. The largest absolute Gasteiger partial charge is 0.329 e. The summed E-state index contributed by atoms with van der Waals surface area (Å²) in [5, 5.41) is 0. The molecule has 1 heterocycles. The maximum absolute atomic E-state index is 5.81. The van der Waals surface area contributed by atoms with Crippen molar-refractivity contribution >= 4 is 11.8 Å². The highest BCUT2D eigenvalue weighted by Gasteiger charge is 2.27. The van der Waals surface area contributed by atoms with Crippen LogP contribution in [0, 0.1) is 0 Å². The van der Waals surface area contributed by atoms with Crippen LogP contribution in [0.2, 0.25) is 0 Å². The average molecular weight is 132 g/mol. The molecule has 1 aliphatic heterocycles. The maximum atomic E-state index is 5.81. The van der Waals surface area contributed by atoms with Gasteiger partial charge in [0, 0.05) is 17.8 Å². The van der Waals surface area contributed by atoms with Crippen LogP contribution in [0.3, 0.4) is 0 Å². The lowest BCUT2D eigenvalue weighted by atomic mass is 10.0. The quantitative estimate of drug-likeness (QED) is 0.518. The fourth-order valence-electron chi connectivity index (χ4n) is 0.784. The van der Waals surface area contributed by atoms with E-state index in [0.717, 1.165) is 12.2 Å². The van der Waals surface area contributed by atoms with E-state index in [1.165, 1.54) is 5.75 Å². The molecule has 0 bridgehead atoms. The number of hydrogen-bond donors (Lipinski definition) is 2. The number of hydrogen-bond acceptors (Lipinski definition) is 3. The standard InChI is InChI=1S/C5H12N2S/c6-3-5(7)1-2-8-4-5/h1-4,6-7H2. The molecule has 1 unspecified atom stereocenters. The summed E-state index contributed by atoms with van der Waals surface area (Å²) in [5.74, 6) is 2.23. The topological polar surface area (TPSA) is 52.0 Å². The van der Waals surface area contributed by atoms with Crippen LogP contribution < -0.4 is 11.5 Å². The van der Waals surface area contributed by atoms with Gasteiger partial charge in [-0.1, -0.05) is 0 Å². The van der Waals surface area contributed by atoms with Crippen LogP contribution in [-0.4, -0.2) is 23.6 Å². The molecule has 0 radical (unpaired) electrons. The van der Waals surface area contributed by atoms with E-state index in [0.29, 0.717) is 6.54 Å². The number of nitrogens with two attached hydrogens (primary N) is 2. The molecule has 2 nitrogen and oxygen atoms in total. The van der Waals surface area contributed by atoms with E-state index in [-0.39, 0.29) is 5.54 Å². The van der Waals surface area contributed by atoms with Crippen LogP contribution >= 0.6 is 11.8 Å². The Balaban J connectivity index is 2.40. The first-order chi connectivity index (χ1) is 3.77. The van der Waals surface area contributed by atoms with Gasteiger partial charge >= 0.3 is 0 Å². The molecule has 0 saturated carbocycles. The Morgan fingerprint density at radius 2 is 2.38 bits per heavy atom. The average Bonchev–Trinajstić information content (AvgIpc) is 2.17. The molecule has 48 valence electrons. The van der Waals surface area contributed by atoms with Gasteiger partial charge in [-0.2, -0.15) is 11.8 Å². The second-order valence-corrected chi connectivity index (χ2v) is 3.47. The Labute approximate surface area is 54.0 Å². The van der Waals surface area contributed by atoms with Gasteiger partial charge < -0.3 is 11.5 Å². The molecule has 0 aromatic carbocycles. The van der Waals surface area contributed by atoms with Crippen molar-refractivity contribution in [2.24, 2.45) is 11.5 Å². The summed E-state index contributed by atoms with van der Waals surface area (Å²) in [6, 6.07) is 0. The highest BCUT2D eigenvalue weighted by molar-refractivity contribution is 7.99. The highest BCUT2D eigenvalue weighted by Crippen LogP contribution is 2.23. The molecule has 1 saturated heterocycles. The summed E-state index contributed by atoms with van der Waals surface area (Å²) in [6.45, 7) is 0.639. The second-order valence-electron chi connectivity index (χ2n) is 2.37. The fourth-order valence-corrected chi connectivity index (χ4v) is 2.15. The monoisotopic (exact) mass is 132 g/mol. The zero-order valence-corrected chi connectivity index (χ0v) is 5.71. The molecule has 4 N–H and O–H groups in total. The summed E-state index contributed by atoms with van der Waals surface area (Å²) in [5.41, 5.74) is 11.2. The lowest BCUT2D eigenvalue weighted by molar-refractivity contribution is 0.493. The third kappa shape index (κ3) is 1.16. The van der Waals surface area contributed by atoms with Crippen molar-refractivity contribution in [3.05, 3.63) is 0 Å². The van der Waals surface area contributed by atoms with E-state index in [2.05, 4.69) is 0 Å². The molecule has 0 spiro atoms. The van der Waals surface area contributed by atoms with Gasteiger partial charge in [-0.05, 0) is 12.2 Å². The van der Waals surface area contributed by atoms with Gasteiger partial charge in [0.25, 0.3) is 0 Å². The molecule has 0 aliphatic carbocycles. The number of thioether (sulfide) groups is 1. The van der Waals surface area contributed by atoms with Crippen LogP contribution in [-0.2, 0) is 0 Å². The predicted molar refractivity (Wildman–Crippen MR) is 37.9 cm³/mol. The summed E-state index contributed by atoms with van der Waals surface area (Å²) < 4.78 is 0. The molecule has 1 fully saturated rings. The first kappa shape index (κ1) is 6.39.